The molecule has 0 fully saturated rings. The molecule has 0 saturated carbocycles. The van der Waals surface area contributed by atoms with Gasteiger partial charge >= 0.3 is 5.97 Å². The monoisotopic (exact) mass is 219 g/mol. The van der Waals surface area contributed by atoms with Gasteiger partial charge in [-0.05, 0) is 12.2 Å². The van der Waals surface area contributed by atoms with Crippen LogP contribution >= 0.6 is 11.8 Å². The van der Waals surface area contributed by atoms with Gasteiger partial charge in [0, 0.05) is 0 Å². The predicted octanol–water partition coefficient (Wildman–Crippen LogP) is 0.965. The Morgan fingerprint density at radius 1 is 1.50 bits per heavy atom. The molecule has 0 bridgehead atoms. The van der Waals surface area contributed by atoms with E-state index in [1.807, 2.05) is 13.8 Å². The van der Waals surface area contributed by atoms with Crippen LogP contribution in [0.5, 0.6) is 0 Å². The number of hydrogen-bond donors (Lipinski definition) is 2. The third-order valence-corrected chi connectivity index (χ3v) is 2.62. The lowest BCUT2D eigenvalue weighted by Crippen LogP contribution is -2.45. The molecule has 0 radical (unpaired) electrons. The van der Waals surface area contributed by atoms with E-state index in [2.05, 4.69) is 5.32 Å². The van der Waals surface area contributed by atoms with Gasteiger partial charge in [-0.25, -0.2) is 4.79 Å². The smallest absolute Gasteiger partial charge is 0.326 e. The van der Waals surface area contributed by atoms with Gasteiger partial charge in [0.25, 0.3) is 0 Å². The standard InChI is InChI=1S/C9H17NO3S/c1-4-6(2)8(9(12)13)10-7(11)5-14-3/h6,8H,4-5H2,1-3H3,(H,10,11)(H,12,13)/t6-,8-/m0/s1. The number of hydrogen-bond acceptors (Lipinski definition) is 3. The molecule has 0 aromatic heterocycles. The van der Waals surface area contributed by atoms with Crippen molar-refractivity contribution >= 4 is 23.6 Å². The van der Waals surface area contributed by atoms with Crippen molar-refractivity contribution in [1.82, 2.24) is 5.32 Å². The summed E-state index contributed by atoms with van der Waals surface area (Å²) >= 11 is 1.38. The van der Waals surface area contributed by atoms with Crippen LogP contribution in [-0.2, 0) is 9.59 Å². The van der Waals surface area contributed by atoms with Crippen molar-refractivity contribution in [2.75, 3.05) is 12.0 Å². The Morgan fingerprint density at radius 2 is 2.07 bits per heavy atom. The Bertz CT molecular complexity index is 208. The quantitative estimate of drug-likeness (QED) is 0.698. The molecule has 82 valence electrons. The molecule has 5 heteroatoms. The maximum atomic E-state index is 11.2. The Morgan fingerprint density at radius 3 is 2.43 bits per heavy atom. The third kappa shape index (κ3) is 4.50. The number of carbonyl (C=O) groups excluding carboxylic acids is 1. The summed E-state index contributed by atoms with van der Waals surface area (Å²) in [6.07, 6.45) is 2.54. The topological polar surface area (TPSA) is 66.4 Å². The first-order chi connectivity index (χ1) is 6.52. The number of nitrogens with one attached hydrogen (secondary N) is 1. The van der Waals surface area contributed by atoms with Crippen molar-refractivity contribution in [3.8, 4) is 0 Å². The fourth-order valence-electron chi connectivity index (χ4n) is 1.03. The number of rotatable bonds is 6. The van der Waals surface area contributed by atoms with E-state index in [1.54, 1.807) is 6.26 Å². The van der Waals surface area contributed by atoms with Gasteiger partial charge in [-0.15, -0.1) is 0 Å². The average Bonchev–Trinajstić information content (AvgIpc) is 2.13. The van der Waals surface area contributed by atoms with E-state index in [4.69, 9.17) is 5.11 Å². The average molecular weight is 219 g/mol. The van der Waals surface area contributed by atoms with Crippen molar-refractivity contribution in [3.63, 3.8) is 0 Å². The minimum absolute atomic E-state index is 0.0432. The molecule has 2 N–H and O–H groups in total. The molecule has 0 unspecified atom stereocenters. The Balaban J connectivity index is 4.23. The van der Waals surface area contributed by atoms with Gasteiger partial charge in [-0.1, -0.05) is 20.3 Å². The molecule has 14 heavy (non-hydrogen) atoms. The van der Waals surface area contributed by atoms with Gasteiger partial charge in [0.1, 0.15) is 6.04 Å². The molecule has 0 rings (SSSR count). The SMILES string of the molecule is CC[C@H](C)[C@H](NC(=O)CSC)C(=O)O. The van der Waals surface area contributed by atoms with Gasteiger partial charge < -0.3 is 10.4 Å². The molecule has 0 heterocycles. The molecular formula is C9H17NO3S. The highest BCUT2D eigenvalue weighted by Crippen LogP contribution is 2.08. The van der Waals surface area contributed by atoms with Crippen molar-refractivity contribution in [2.45, 2.75) is 26.3 Å². The van der Waals surface area contributed by atoms with Crippen molar-refractivity contribution in [3.05, 3.63) is 0 Å². The first-order valence-corrected chi connectivity index (χ1v) is 5.93. The van der Waals surface area contributed by atoms with Crippen molar-refractivity contribution < 1.29 is 14.7 Å². The first kappa shape index (κ1) is 13.3. The zero-order valence-corrected chi connectivity index (χ0v) is 9.56. The molecule has 0 aromatic rings. The zero-order valence-electron chi connectivity index (χ0n) is 8.74. The molecule has 0 aliphatic heterocycles. The number of carboxylic acids is 1. The lowest BCUT2D eigenvalue weighted by molar-refractivity contribution is -0.143. The minimum Gasteiger partial charge on any atom is -0.480 e. The van der Waals surface area contributed by atoms with Crippen molar-refractivity contribution in [2.24, 2.45) is 5.92 Å². The lowest BCUT2D eigenvalue weighted by Gasteiger charge is -2.19. The summed E-state index contributed by atoms with van der Waals surface area (Å²) in [5.41, 5.74) is 0. The van der Waals surface area contributed by atoms with Gasteiger partial charge in [-0.2, -0.15) is 11.8 Å². The third-order valence-electron chi connectivity index (χ3n) is 2.07. The summed E-state index contributed by atoms with van der Waals surface area (Å²) in [5.74, 6) is -0.919. The lowest BCUT2D eigenvalue weighted by atomic mass is 9.99. The minimum atomic E-state index is -0.964. The van der Waals surface area contributed by atoms with Crippen LogP contribution in [0.4, 0.5) is 0 Å². The Kier molecular flexibility index (Phi) is 6.36. The molecule has 0 aliphatic rings. The highest BCUT2D eigenvalue weighted by atomic mass is 32.2. The van der Waals surface area contributed by atoms with Crippen LogP contribution in [0.25, 0.3) is 0 Å². The maximum Gasteiger partial charge on any atom is 0.326 e. The molecule has 0 aromatic carbocycles. The van der Waals surface area contributed by atoms with E-state index in [9.17, 15) is 9.59 Å². The molecule has 0 spiro atoms. The molecule has 2 atom stereocenters. The Hall–Kier alpha value is -0.710. The molecule has 4 nitrogen and oxygen atoms in total. The largest absolute Gasteiger partial charge is 0.480 e. The number of thioether (sulfide) groups is 1. The van der Waals surface area contributed by atoms with Crippen LogP contribution in [0.2, 0.25) is 0 Å². The number of aliphatic carboxylic acids is 1. The second-order valence-corrected chi connectivity index (χ2v) is 4.07. The van der Waals surface area contributed by atoms with Crippen LogP contribution in [0.3, 0.4) is 0 Å². The number of carbonyl (C=O) groups is 2. The fourth-order valence-corrected chi connectivity index (χ4v) is 1.37. The maximum absolute atomic E-state index is 11.2. The fraction of sp³-hybridized carbons (Fsp3) is 0.778. The molecule has 0 saturated heterocycles. The summed E-state index contributed by atoms with van der Waals surface area (Å²) in [7, 11) is 0. The van der Waals surface area contributed by atoms with Crippen LogP contribution in [0.15, 0.2) is 0 Å². The second-order valence-electron chi connectivity index (χ2n) is 3.20. The van der Waals surface area contributed by atoms with Gasteiger partial charge in [0.15, 0.2) is 0 Å². The van der Waals surface area contributed by atoms with E-state index < -0.39 is 12.0 Å². The van der Waals surface area contributed by atoms with Gasteiger partial charge in [0.2, 0.25) is 5.91 Å². The highest BCUT2D eigenvalue weighted by Gasteiger charge is 2.24. The summed E-state index contributed by atoms with van der Waals surface area (Å²) < 4.78 is 0. The van der Waals surface area contributed by atoms with E-state index in [1.165, 1.54) is 11.8 Å². The summed E-state index contributed by atoms with van der Waals surface area (Å²) in [5, 5.41) is 11.4. The normalized spacial score (nSPS) is 14.5. The highest BCUT2D eigenvalue weighted by molar-refractivity contribution is 7.99. The van der Waals surface area contributed by atoms with Crippen LogP contribution in [0.1, 0.15) is 20.3 Å². The van der Waals surface area contributed by atoms with E-state index in [0.717, 1.165) is 6.42 Å². The zero-order chi connectivity index (χ0) is 11.1. The predicted molar refractivity (Wildman–Crippen MR) is 57.4 cm³/mol. The molecular weight excluding hydrogens is 202 g/mol. The summed E-state index contributed by atoms with van der Waals surface area (Å²) in [6, 6.07) is -0.764. The van der Waals surface area contributed by atoms with E-state index >= 15 is 0 Å². The molecule has 0 aliphatic carbocycles. The van der Waals surface area contributed by atoms with E-state index in [-0.39, 0.29) is 11.8 Å². The summed E-state index contributed by atoms with van der Waals surface area (Å²) in [4.78, 5) is 22.0. The summed E-state index contributed by atoms with van der Waals surface area (Å²) in [6.45, 7) is 3.72. The van der Waals surface area contributed by atoms with Gasteiger partial charge in [0.05, 0.1) is 5.75 Å². The van der Waals surface area contributed by atoms with Crippen LogP contribution in [0, 0.1) is 5.92 Å². The van der Waals surface area contributed by atoms with E-state index in [0.29, 0.717) is 5.75 Å². The number of amides is 1. The number of carboxylic acid groups (broad SMARTS) is 1. The van der Waals surface area contributed by atoms with Gasteiger partial charge in [-0.3, -0.25) is 4.79 Å². The first-order valence-electron chi connectivity index (χ1n) is 4.54. The Labute approximate surface area is 88.4 Å². The van der Waals surface area contributed by atoms with Crippen LogP contribution < -0.4 is 5.32 Å². The second kappa shape index (κ2) is 6.70. The van der Waals surface area contributed by atoms with Crippen molar-refractivity contribution in [1.29, 1.82) is 0 Å². The van der Waals surface area contributed by atoms with Crippen LogP contribution in [-0.4, -0.2) is 35.0 Å². The molecule has 1 amide bonds.